The van der Waals surface area contributed by atoms with E-state index >= 15 is 0 Å². The van der Waals surface area contributed by atoms with Crippen LogP contribution in [0.5, 0.6) is 0 Å². The summed E-state index contributed by atoms with van der Waals surface area (Å²) in [5.41, 5.74) is 5.75. The second-order valence-electron chi connectivity index (χ2n) is 5.85. The van der Waals surface area contributed by atoms with Gasteiger partial charge in [-0.05, 0) is 54.9 Å². The van der Waals surface area contributed by atoms with E-state index in [0.29, 0.717) is 12.0 Å². The normalized spacial score (nSPS) is 25.3. The van der Waals surface area contributed by atoms with Crippen molar-refractivity contribution in [3.63, 3.8) is 0 Å². The molecule has 2 rings (SSSR count). The van der Waals surface area contributed by atoms with Crippen LogP contribution in [0.25, 0.3) is 0 Å². The van der Waals surface area contributed by atoms with Crippen molar-refractivity contribution >= 4 is 15.9 Å². The molecular weight excluding hydrogens is 300 g/mol. The lowest BCUT2D eigenvalue weighted by Gasteiger charge is -2.34. The summed E-state index contributed by atoms with van der Waals surface area (Å²) in [6, 6.07) is 6.80. The van der Waals surface area contributed by atoms with E-state index in [0.717, 1.165) is 10.4 Å². The number of nitrogens with two attached hydrogens (primary N) is 1. The van der Waals surface area contributed by atoms with E-state index < -0.39 is 0 Å². The van der Waals surface area contributed by atoms with Crippen molar-refractivity contribution in [2.75, 3.05) is 0 Å². The zero-order valence-corrected chi connectivity index (χ0v) is 13.5. The van der Waals surface area contributed by atoms with Gasteiger partial charge in [0.15, 0.2) is 0 Å². The standard InChI is InChI=1S/C16H25BrN2/c1-3-12-5-4-6-13(10-12)16(19-18)15-8-7-14(17)9-11(15)2/h7-9,12-13,16,19H,3-6,10,18H2,1-2H3. The Morgan fingerprint density at radius 1 is 1.42 bits per heavy atom. The second kappa shape index (κ2) is 6.87. The van der Waals surface area contributed by atoms with Crippen LogP contribution in [0.4, 0.5) is 0 Å². The third-order valence-electron chi connectivity index (χ3n) is 4.62. The number of hydrogen-bond acceptors (Lipinski definition) is 2. The lowest BCUT2D eigenvalue weighted by Crippen LogP contribution is -2.36. The topological polar surface area (TPSA) is 38.0 Å². The Morgan fingerprint density at radius 3 is 2.84 bits per heavy atom. The third kappa shape index (κ3) is 3.59. The molecule has 2 nitrogen and oxygen atoms in total. The first-order chi connectivity index (χ1) is 9.15. The van der Waals surface area contributed by atoms with Gasteiger partial charge in [0, 0.05) is 10.5 Å². The minimum atomic E-state index is 0.294. The maximum Gasteiger partial charge on any atom is 0.0490 e. The maximum absolute atomic E-state index is 5.87. The molecule has 0 radical (unpaired) electrons. The molecule has 3 unspecified atom stereocenters. The van der Waals surface area contributed by atoms with Crippen LogP contribution in [-0.2, 0) is 0 Å². The molecule has 1 aromatic rings. The van der Waals surface area contributed by atoms with Gasteiger partial charge in [-0.15, -0.1) is 0 Å². The molecule has 1 fully saturated rings. The third-order valence-corrected chi connectivity index (χ3v) is 5.11. The quantitative estimate of drug-likeness (QED) is 0.633. The first kappa shape index (κ1) is 15.0. The molecule has 0 aromatic heterocycles. The number of hydrogen-bond donors (Lipinski definition) is 2. The molecule has 0 amide bonds. The molecule has 1 aromatic carbocycles. The van der Waals surface area contributed by atoms with Gasteiger partial charge in [0.05, 0.1) is 0 Å². The van der Waals surface area contributed by atoms with Gasteiger partial charge in [-0.3, -0.25) is 11.3 Å². The van der Waals surface area contributed by atoms with E-state index in [1.807, 2.05) is 0 Å². The molecule has 0 heterocycles. The van der Waals surface area contributed by atoms with E-state index in [1.54, 1.807) is 0 Å². The van der Waals surface area contributed by atoms with Crippen molar-refractivity contribution in [1.82, 2.24) is 5.43 Å². The van der Waals surface area contributed by atoms with Gasteiger partial charge in [0.25, 0.3) is 0 Å². The molecule has 3 N–H and O–H groups in total. The van der Waals surface area contributed by atoms with Crippen LogP contribution in [-0.4, -0.2) is 0 Å². The Labute approximate surface area is 125 Å². The summed E-state index contributed by atoms with van der Waals surface area (Å²) < 4.78 is 1.14. The fourth-order valence-corrected chi connectivity index (χ4v) is 3.95. The number of hydrazine groups is 1. The minimum Gasteiger partial charge on any atom is -0.271 e. The lowest BCUT2D eigenvalue weighted by atomic mass is 9.75. The number of nitrogens with one attached hydrogen (secondary N) is 1. The Bertz CT molecular complexity index is 419. The molecule has 1 aliphatic rings. The second-order valence-corrected chi connectivity index (χ2v) is 6.76. The molecule has 0 aliphatic heterocycles. The van der Waals surface area contributed by atoms with Gasteiger partial charge < -0.3 is 0 Å². The van der Waals surface area contributed by atoms with Crippen LogP contribution in [0.2, 0.25) is 0 Å². The highest BCUT2D eigenvalue weighted by Crippen LogP contribution is 2.39. The van der Waals surface area contributed by atoms with Crippen LogP contribution in [0.1, 0.15) is 56.2 Å². The predicted molar refractivity (Wildman–Crippen MR) is 84.7 cm³/mol. The number of halogens is 1. The van der Waals surface area contributed by atoms with Crippen molar-refractivity contribution in [3.8, 4) is 0 Å². The van der Waals surface area contributed by atoms with Crippen LogP contribution in [0.3, 0.4) is 0 Å². The lowest BCUT2D eigenvalue weighted by molar-refractivity contribution is 0.209. The van der Waals surface area contributed by atoms with Gasteiger partial charge in [0.1, 0.15) is 0 Å². The van der Waals surface area contributed by atoms with Crippen LogP contribution < -0.4 is 11.3 Å². The van der Waals surface area contributed by atoms with E-state index in [-0.39, 0.29) is 0 Å². The summed E-state index contributed by atoms with van der Waals surface area (Å²) in [4.78, 5) is 0. The first-order valence-corrected chi connectivity index (χ1v) is 8.17. The average molecular weight is 325 g/mol. The predicted octanol–water partition coefficient (Wildman–Crippen LogP) is 4.48. The fraction of sp³-hybridized carbons (Fsp3) is 0.625. The zero-order valence-electron chi connectivity index (χ0n) is 12.0. The molecule has 0 saturated heterocycles. The molecule has 3 heteroatoms. The Morgan fingerprint density at radius 2 is 2.21 bits per heavy atom. The molecule has 1 saturated carbocycles. The highest BCUT2D eigenvalue weighted by Gasteiger charge is 2.28. The summed E-state index contributed by atoms with van der Waals surface area (Å²) in [6.45, 7) is 4.48. The average Bonchev–Trinajstić information content (AvgIpc) is 2.42. The monoisotopic (exact) mass is 324 g/mol. The summed E-state index contributed by atoms with van der Waals surface area (Å²) >= 11 is 3.53. The van der Waals surface area contributed by atoms with Gasteiger partial charge >= 0.3 is 0 Å². The Kier molecular flexibility index (Phi) is 5.43. The molecule has 0 spiro atoms. The highest BCUT2D eigenvalue weighted by atomic mass is 79.9. The summed E-state index contributed by atoms with van der Waals surface area (Å²) in [7, 11) is 0. The molecule has 3 atom stereocenters. The van der Waals surface area contributed by atoms with Crippen LogP contribution in [0.15, 0.2) is 22.7 Å². The molecule has 106 valence electrons. The highest BCUT2D eigenvalue weighted by molar-refractivity contribution is 9.10. The minimum absolute atomic E-state index is 0.294. The number of benzene rings is 1. The molecular formula is C16H25BrN2. The van der Waals surface area contributed by atoms with Gasteiger partial charge in [-0.25, -0.2) is 0 Å². The smallest absolute Gasteiger partial charge is 0.0490 e. The van der Waals surface area contributed by atoms with Crippen molar-refractivity contribution in [3.05, 3.63) is 33.8 Å². The van der Waals surface area contributed by atoms with E-state index in [9.17, 15) is 0 Å². The van der Waals surface area contributed by atoms with Crippen molar-refractivity contribution in [2.24, 2.45) is 17.7 Å². The Balaban J connectivity index is 2.19. The maximum atomic E-state index is 5.87. The van der Waals surface area contributed by atoms with Gasteiger partial charge in [-0.1, -0.05) is 48.2 Å². The van der Waals surface area contributed by atoms with Crippen molar-refractivity contribution in [2.45, 2.75) is 52.0 Å². The Hall–Kier alpha value is -0.380. The van der Waals surface area contributed by atoms with E-state index in [2.05, 4.69) is 53.4 Å². The summed E-state index contributed by atoms with van der Waals surface area (Å²) in [6.07, 6.45) is 6.63. The number of aryl methyl sites for hydroxylation is 1. The summed E-state index contributed by atoms with van der Waals surface area (Å²) in [5, 5.41) is 0. The number of rotatable bonds is 4. The van der Waals surface area contributed by atoms with Crippen LogP contribution >= 0.6 is 15.9 Å². The fourth-order valence-electron chi connectivity index (χ4n) is 3.47. The van der Waals surface area contributed by atoms with E-state index in [4.69, 9.17) is 5.84 Å². The van der Waals surface area contributed by atoms with Crippen molar-refractivity contribution in [1.29, 1.82) is 0 Å². The largest absolute Gasteiger partial charge is 0.271 e. The zero-order chi connectivity index (χ0) is 13.8. The van der Waals surface area contributed by atoms with Gasteiger partial charge in [-0.2, -0.15) is 0 Å². The van der Waals surface area contributed by atoms with E-state index in [1.165, 1.54) is 43.2 Å². The summed E-state index contributed by atoms with van der Waals surface area (Å²) in [5.74, 6) is 7.42. The first-order valence-electron chi connectivity index (χ1n) is 7.37. The molecule has 19 heavy (non-hydrogen) atoms. The molecule has 0 bridgehead atoms. The molecule has 1 aliphatic carbocycles. The van der Waals surface area contributed by atoms with Crippen LogP contribution in [0, 0.1) is 18.8 Å². The van der Waals surface area contributed by atoms with Crippen molar-refractivity contribution < 1.29 is 0 Å². The van der Waals surface area contributed by atoms with Gasteiger partial charge in [0.2, 0.25) is 0 Å². The SMILES string of the molecule is CCC1CCCC(C(NN)c2ccc(Br)cc2C)C1.